The highest BCUT2D eigenvalue weighted by molar-refractivity contribution is 6.14. The SMILES string of the molecule is COc1ccc(C(F)(F)F)cc1N1C(c2ccc(-c3cccc(C)c3)cc2)=Nc2c(F)cccc2C1CC(=O)O. The van der Waals surface area contributed by atoms with E-state index in [2.05, 4.69) is 4.99 Å². The van der Waals surface area contributed by atoms with Crippen molar-refractivity contribution in [2.24, 2.45) is 4.99 Å². The van der Waals surface area contributed by atoms with Crippen LogP contribution in [0.5, 0.6) is 5.75 Å². The minimum Gasteiger partial charge on any atom is -0.495 e. The summed E-state index contributed by atoms with van der Waals surface area (Å²) in [6.45, 7) is 1.98. The van der Waals surface area contributed by atoms with Crippen LogP contribution in [0.3, 0.4) is 0 Å². The lowest BCUT2D eigenvalue weighted by molar-refractivity contribution is -0.138. The molecule has 1 heterocycles. The number of aliphatic carboxylic acids is 1. The summed E-state index contributed by atoms with van der Waals surface area (Å²) in [5, 5.41) is 9.81. The summed E-state index contributed by atoms with van der Waals surface area (Å²) >= 11 is 0. The lowest BCUT2D eigenvalue weighted by Gasteiger charge is -2.38. The second-order valence-corrected chi connectivity index (χ2v) is 9.43. The summed E-state index contributed by atoms with van der Waals surface area (Å²) < 4.78 is 61.8. The molecule has 0 fully saturated rings. The smallest absolute Gasteiger partial charge is 0.416 e. The third kappa shape index (κ3) is 5.14. The first-order chi connectivity index (χ1) is 19.1. The molecule has 0 spiro atoms. The first-order valence-corrected chi connectivity index (χ1v) is 12.4. The molecule has 1 atom stereocenters. The molecule has 0 aliphatic carbocycles. The minimum absolute atomic E-state index is 0.0417. The first-order valence-electron chi connectivity index (χ1n) is 12.4. The molecular formula is C31H24F4N2O3. The Labute approximate surface area is 228 Å². The number of amidine groups is 1. The maximum Gasteiger partial charge on any atom is 0.416 e. The number of nitrogens with zero attached hydrogens (tertiary/aromatic N) is 2. The summed E-state index contributed by atoms with van der Waals surface area (Å²) in [6.07, 6.45) is -5.20. The van der Waals surface area contributed by atoms with E-state index < -0.39 is 36.0 Å². The molecule has 0 aromatic heterocycles. The number of halogens is 4. The van der Waals surface area contributed by atoms with Gasteiger partial charge < -0.3 is 14.7 Å². The summed E-state index contributed by atoms with van der Waals surface area (Å²) in [4.78, 5) is 18.0. The largest absolute Gasteiger partial charge is 0.495 e. The Morgan fingerprint density at radius 3 is 2.30 bits per heavy atom. The van der Waals surface area contributed by atoms with Gasteiger partial charge in [0.05, 0.1) is 30.8 Å². The number of methoxy groups -OCH3 is 1. The van der Waals surface area contributed by atoms with Crippen LogP contribution in [0.15, 0.2) is 89.9 Å². The van der Waals surface area contributed by atoms with Gasteiger partial charge in [0.25, 0.3) is 0 Å². The number of hydrogen-bond acceptors (Lipinski definition) is 4. The van der Waals surface area contributed by atoms with Crippen molar-refractivity contribution >= 4 is 23.2 Å². The number of ether oxygens (including phenoxy) is 1. The molecule has 5 rings (SSSR count). The number of carboxylic acid groups (broad SMARTS) is 1. The van der Waals surface area contributed by atoms with Crippen molar-refractivity contribution in [1.82, 2.24) is 0 Å². The monoisotopic (exact) mass is 548 g/mol. The van der Waals surface area contributed by atoms with E-state index in [-0.39, 0.29) is 28.5 Å². The average molecular weight is 549 g/mol. The van der Waals surface area contributed by atoms with Crippen molar-refractivity contribution in [3.8, 4) is 16.9 Å². The fourth-order valence-electron chi connectivity index (χ4n) is 4.91. The van der Waals surface area contributed by atoms with Crippen molar-refractivity contribution in [2.75, 3.05) is 12.0 Å². The highest BCUT2D eigenvalue weighted by atomic mass is 19.4. The summed E-state index contributed by atoms with van der Waals surface area (Å²) in [6, 6.07) is 21.0. The molecule has 0 saturated heterocycles. The van der Waals surface area contributed by atoms with Gasteiger partial charge in [0.1, 0.15) is 23.1 Å². The molecule has 1 aliphatic rings. The third-order valence-corrected chi connectivity index (χ3v) is 6.76. The van der Waals surface area contributed by atoms with E-state index in [0.29, 0.717) is 5.56 Å². The Morgan fingerprint density at radius 2 is 1.65 bits per heavy atom. The van der Waals surface area contributed by atoms with Crippen LogP contribution >= 0.6 is 0 Å². The molecule has 9 heteroatoms. The molecule has 0 radical (unpaired) electrons. The summed E-state index contributed by atoms with van der Waals surface area (Å²) in [5.41, 5.74) is 2.58. The predicted octanol–water partition coefficient (Wildman–Crippen LogP) is 7.94. The number of hydrogen-bond donors (Lipinski definition) is 1. The second-order valence-electron chi connectivity index (χ2n) is 9.43. The molecule has 1 N–H and O–H groups in total. The number of aryl methyl sites for hydroxylation is 1. The van der Waals surface area contributed by atoms with Gasteiger partial charge in [0, 0.05) is 11.1 Å². The van der Waals surface area contributed by atoms with Gasteiger partial charge in [-0.1, -0.05) is 66.2 Å². The van der Waals surface area contributed by atoms with Gasteiger partial charge in [-0.05, 0) is 42.3 Å². The van der Waals surface area contributed by atoms with Crippen LogP contribution in [0.4, 0.5) is 28.9 Å². The first kappa shape index (κ1) is 26.9. The number of rotatable bonds is 6. The van der Waals surface area contributed by atoms with Crippen molar-refractivity contribution in [3.63, 3.8) is 0 Å². The van der Waals surface area contributed by atoms with Crippen molar-refractivity contribution in [2.45, 2.75) is 25.6 Å². The topological polar surface area (TPSA) is 62.1 Å². The molecule has 0 saturated carbocycles. The van der Waals surface area contributed by atoms with Crippen LogP contribution in [0.1, 0.15) is 34.7 Å². The van der Waals surface area contributed by atoms with E-state index in [4.69, 9.17) is 4.74 Å². The molecule has 1 unspecified atom stereocenters. The Bertz CT molecular complexity index is 1610. The molecule has 4 aromatic rings. The molecule has 0 bridgehead atoms. The number of aliphatic imine (C=N–C) groups is 1. The van der Waals surface area contributed by atoms with E-state index >= 15 is 4.39 Å². The fourth-order valence-corrected chi connectivity index (χ4v) is 4.91. The Hall–Kier alpha value is -4.66. The van der Waals surface area contributed by atoms with Crippen LogP contribution in [0.2, 0.25) is 0 Å². The molecule has 204 valence electrons. The van der Waals surface area contributed by atoms with Gasteiger partial charge in [-0.3, -0.25) is 4.79 Å². The number of para-hydroxylation sites is 1. The van der Waals surface area contributed by atoms with E-state index in [1.807, 2.05) is 43.3 Å². The second kappa shape index (κ2) is 10.5. The van der Waals surface area contributed by atoms with E-state index in [0.717, 1.165) is 28.8 Å². The number of fused-ring (bicyclic) bond motifs is 1. The maximum atomic E-state index is 15.0. The highest BCUT2D eigenvalue weighted by Crippen LogP contribution is 2.46. The number of benzene rings is 4. The zero-order chi connectivity index (χ0) is 28.6. The number of alkyl halides is 3. The predicted molar refractivity (Wildman–Crippen MR) is 145 cm³/mol. The van der Waals surface area contributed by atoms with E-state index in [1.165, 1.54) is 36.3 Å². The van der Waals surface area contributed by atoms with Gasteiger partial charge in [0.15, 0.2) is 0 Å². The maximum absolute atomic E-state index is 15.0. The third-order valence-electron chi connectivity index (χ3n) is 6.76. The van der Waals surface area contributed by atoms with Gasteiger partial charge in [-0.15, -0.1) is 0 Å². The normalized spacial score (nSPS) is 14.9. The summed E-state index contributed by atoms with van der Waals surface area (Å²) in [5.74, 6) is -1.71. The Kier molecular flexibility index (Phi) is 7.06. The number of carbonyl (C=O) groups is 1. The van der Waals surface area contributed by atoms with Crippen LogP contribution in [-0.4, -0.2) is 24.0 Å². The van der Waals surface area contributed by atoms with Gasteiger partial charge in [-0.2, -0.15) is 13.2 Å². The van der Waals surface area contributed by atoms with Crippen molar-refractivity contribution < 1.29 is 32.2 Å². The zero-order valence-electron chi connectivity index (χ0n) is 21.5. The highest BCUT2D eigenvalue weighted by Gasteiger charge is 2.38. The molecule has 5 nitrogen and oxygen atoms in total. The van der Waals surface area contributed by atoms with Crippen LogP contribution in [0.25, 0.3) is 11.1 Å². The number of carboxylic acids is 1. The lowest BCUT2D eigenvalue weighted by atomic mass is 9.94. The molecular weight excluding hydrogens is 524 g/mol. The van der Waals surface area contributed by atoms with Crippen molar-refractivity contribution in [3.05, 3.63) is 113 Å². The Morgan fingerprint density at radius 1 is 0.950 bits per heavy atom. The molecule has 0 amide bonds. The van der Waals surface area contributed by atoms with Crippen LogP contribution < -0.4 is 9.64 Å². The van der Waals surface area contributed by atoms with E-state index in [1.54, 1.807) is 12.1 Å². The van der Waals surface area contributed by atoms with Gasteiger partial charge >= 0.3 is 12.1 Å². The molecule has 40 heavy (non-hydrogen) atoms. The van der Waals surface area contributed by atoms with Gasteiger partial charge in [-0.25, -0.2) is 9.38 Å². The average Bonchev–Trinajstić information content (AvgIpc) is 2.92. The standard InChI is InChI=1S/C31H24F4N2O3/c1-18-5-3-6-21(15-18)19-9-11-20(12-10-19)30-36-29-23(7-4-8-24(29)32)25(17-28(38)39)37(30)26-16-22(31(33,34)35)13-14-27(26)40-2/h3-16,25H,17H2,1-2H3,(H,38,39). The quantitative estimate of drug-likeness (QED) is 0.249. The van der Waals surface area contributed by atoms with Gasteiger partial charge in [0.2, 0.25) is 0 Å². The Balaban J connectivity index is 1.74. The van der Waals surface area contributed by atoms with E-state index in [9.17, 15) is 23.1 Å². The van der Waals surface area contributed by atoms with Crippen LogP contribution in [-0.2, 0) is 11.0 Å². The minimum atomic E-state index is -4.67. The fraction of sp³-hybridized carbons (Fsp3) is 0.161. The molecule has 1 aliphatic heterocycles. The molecule has 4 aromatic carbocycles. The van der Waals surface area contributed by atoms with Crippen LogP contribution in [0, 0.1) is 12.7 Å². The number of anilines is 1. The zero-order valence-corrected chi connectivity index (χ0v) is 21.5. The van der Waals surface area contributed by atoms with Crippen molar-refractivity contribution in [1.29, 1.82) is 0 Å². The lowest BCUT2D eigenvalue weighted by Crippen LogP contribution is -2.39. The summed E-state index contributed by atoms with van der Waals surface area (Å²) in [7, 11) is 1.31.